The molecule has 0 radical (unpaired) electrons. The van der Waals surface area contributed by atoms with Gasteiger partial charge in [-0.1, -0.05) is 0 Å². The van der Waals surface area contributed by atoms with Crippen molar-refractivity contribution in [2.24, 2.45) is 5.73 Å². The molecule has 0 saturated carbocycles. The largest absolute Gasteiger partial charge is 0.454 e. The first-order valence-electron chi connectivity index (χ1n) is 4.15. The van der Waals surface area contributed by atoms with Gasteiger partial charge >= 0.3 is 12.2 Å². The van der Waals surface area contributed by atoms with Crippen molar-refractivity contribution in [3.8, 4) is 6.01 Å². The van der Waals surface area contributed by atoms with Crippen molar-refractivity contribution in [2.75, 3.05) is 6.61 Å². The van der Waals surface area contributed by atoms with Crippen LogP contribution in [0.1, 0.15) is 11.4 Å². The van der Waals surface area contributed by atoms with Crippen LogP contribution in [0.5, 0.6) is 6.01 Å². The van der Waals surface area contributed by atoms with Crippen LogP contribution in [0.3, 0.4) is 0 Å². The number of hydrogen-bond acceptors (Lipinski definition) is 4. The number of ether oxygens (including phenoxy) is 1. The van der Waals surface area contributed by atoms with Gasteiger partial charge in [0.2, 0.25) is 0 Å². The molecule has 0 unspecified atom stereocenters. The predicted molar refractivity (Wildman–Crippen MR) is 46.2 cm³/mol. The number of nitrogens with two attached hydrogens (primary N) is 1. The Hall–Kier alpha value is -1.37. The van der Waals surface area contributed by atoms with E-state index in [1.807, 2.05) is 0 Å². The van der Waals surface area contributed by atoms with Crippen molar-refractivity contribution in [3.63, 3.8) is 0 Å². The summed E-state index contributed by atoms with van der Waals surface area (Å²) in [5.74, 6) is 0. The second-order valence-electron chi connectivity index (χ2n) is 2.89. The maximum Gasteiger partial charge on any atom is 0.422 e. The summed E-state index contributed by atoms with van der Waals surface area (Å²) in [5.41, 5.74) is 6.26. The zero-order chi connectivity index (χ0) is 11.5. The summed E-state index contributed by atoms with van der Waals surface area (Å²) in [6, 6.07) is 1.29. The zero-order valence-electron chi connectivity index (χ0n) is 8.01. The quantitative estimate of drug-likeness (QED) is 0.832. The summed E-state index contributed by atoms with van der Waals surface area (Å²) in [7, 11) is 0. The SMILES string of the molecule is Cc1cc(CN)nc(OCC(F)(F)F)n1. The number of aromatic nitrogens is 2. The Morgan fingerprint density at radius 3 is 2.60 bits per heavy atom. The molecule has 0 fully saturated rings. The standard InChI is InChI=1S/C8H10F3N3O/c1-5-2-6(3-12)14-7(13-5)15-4-8(9,10)11/h2H,3-4,12H2,1H3. The number of rotatable bonds is 3. The number of aryl methyl sites for hydroxylation is 1. The lowest BCUT2D eigenvalue weighted by atomic mass is 10.3. The first kappa shape index (κ1) is 11.7. The van der Waals surface area contributed by atoms with Crippen LogP contribution in [0.25, 0.3) is 0 Å². The fourth-order valence-electron chi connectivity index (χ4n) is 0.920. The van der Waals surface area contributed by atoms with Crippen LogP contribution >= 0.6 is 0 Å². The lowest BCUT2D eigenvalue weighted by molar-refractivity contribution is -0.154. The minimum Gasteiger partial charge on any atom is -0.454 e. The van der Waals surface area contributed by atoms with Gasteiger partial charge in [-0.3, -0.25) is 0 Å². The van der Waals surface area contributed by atoms with Crippen molar-refractivity contribution in [1.29, 1.82) is 0 Å². The third kappa shape index (κ3) is 4.11. The summed E-state index contributed by atoms with van der Waals surface area (Å²) < 4.78 is 39.8. The lowest BCUT2D eigenvalue weighted by Crippen LogP contribution is -2.20. The highest BCUT2D eigenvalue weighted by atomic mass is 19.4. The van der Waals surface area contributed by atoms with Gasteiger partial charge in [0.05, 0.1) is 5.69 Å². The van der Waals surface area contributed by atoms with E-state index in [9.17, 15) is 13.2 Å². The van der Waals surface area contributed by atoms with E-state index >= 15 is 0 Å². The van der Waals surface area contributed by atoms with Crippen LogP contribution in [-0.4, -0.2) is 22.8 Å². The van der Waals surface area contributed by atoms with Gasteiger partial charge in [0.25, 0.3) is 0 Å². The lowest BCUT2D eigenvalue weighted by Gasteiger charge is -2.08. The molecule has 15 heavy (non-hydrogen) atoms. The molecule has 0 amide bonds. The van der Waals surface area contributed by atoms with Gasteiger partial charge in [0.15, 0.2) is 6.61 Å². The minimum atomic E-state index is -4.39. The Morgan fingerprint density at radius 2 is 2.07 bits per heavy atom. The van der Waals surface area contributed by atoms with E-state index < -0.39 is 12.8 Å². The van der Waals surface area contributed by atoms with Gasteiger partial charge < -0.3 is 10.5 Å². The van der Waals surface area contributed by atoms with Gasteiger partial charge in [-0.2, -0.15) is 18.2 Å². The molecule has 2 N–H and O–H groups in total. The topological polar surface area (TPSA) is 61.0 Å². The Bertz CT molecular complexity index is 340. The fraction of sp³-hybridized carbons (Fsp3) is 0.500. The minimum absolute atomic E-state index is 0.131. The molecule has 0 aromatic carbocycles. The maximum absolute atomic E-state index is 11.8. The first-order chi connectivity index (χ1) is 6.90. The van der Waals surface area contributed by atoms with Crippen molar-refractivity contribution in [1.82, 2.24) is 9.97 Å². The molecule has 0 spiro atoms. The van der Waals surface area contributed by atoms with E-state index in [0.717, 1.165) is 0 Å². The average Bonchev–Trinajstić information content (AvgIpc) is 2.13. The van der Waals surface area contributed by atoms with Crippen molar-refractivity contribution in [2.45, 2.75) is 19.6 Å². The Kier molecular flexibility index (Phi) is 3.46. The van der Waals surface area contributed by atoms with E-state index in [-0.39, 0.29) is 12.6 Å². The highest BCUT2D eigenvalue weighted by Gasteiger charge is 2.29. The summed E-state index contributed by atoms with van der Waals surface area (Å²) in [6.07, 6.45) is -4.39. The van der Waals surface area contributed by atoms with Crippen molar-refractivity contribution < 1.29 is 17.9 Å². The van der Waals surface area contributed by atoms with Crippen molar-refractivity contribution >= 4 is 0 Å². The van der Waals surface area contributed by atoms with Crippen LogP contribution in [0.4, 0.5) is 13.2 Å². The molecular formula is C8H10F3N3O. The molecule has 84 valence electrons. The van der Waals surface area contributed by atoms with E-state index in [4.69, 9.17) is 5.73 Å². The molecule has 0 aliphatic carbocycles. The van der Waals surface area contributed by atoms with Gasteiger partial charge in [-0.25, -0.2) is 4.98 Å². The van der Waals surface area contributed by atoms with Crippen LogP contribution in [-0.2, 0) is 6.54 Å². The van der Waals surface area contributed by atoms with Gasteiger partial charge in [-0.15, -0.1) is 0 Å². The Morgan fingerprint density at radius 1 is 1.40 bits per heavy atom. The highest BCUT2D eigenvalue weighted by molar-refractivity contribution is 5.12. The number of halogens is 3. The summed E-state index contributed by atoms with van der Waals surface area (Å²) in [4.78, 5) is 7.39. The number of alkyl halides is 3. The molecule has 1 aromatic rings. The highest BCUT2D eigenvalue weighted by Crippen LogP contribution is 2.16. The zero-order valence-corrected chi connectivity index (χ0v) is 8.01. The van der Waals surface area contributed by atoms with Gasteiger partial charge in [-0.05, 0) is 13.0 Å². The van der Waals surface area contributed by atoms with Crippen LogP contribution in [0.2, 0.25) is 0 Å². The van der Waals surface area contributed by atoms with E-state index in [1.54, 1.807) is 13.0 Å². The monoisotopic (exact) mass is 221 g/mol. The third-order valence-corrected chi connectivity index (χ3v) is 1.46. The molecule has 0 bridgehead atoms. The molecule has 0 saturated heterocycles. The second kappa shape index (κ2) is 4.43. The van der Waals surface area contributed by atoms with Gasteiger partial charge in [0.1, 0.15) is 0 Å². The molecule has 0 aliphatic rings. The first-order valence-corrected chi connectivity index (χ1v) is 4.15. The molecule has 1 rings (SSSR count). The van der Waals surface area contributed by atoms with E-state index in [0.29, 0.717) is 11.4 Å². The second-order valence-corrected chi connectivity index (χ2v) is 2.89. The predicted octanol–water partition coefficient (Wildman–Crippen LogP) is 1.18. The molecule has 4 nitrogen and oxygen atoms in total. The maximum atomic E-state index is 11.8. The summed E-state index contributed by atoms with van der Waals surface area (Å²) in [5, 5.41) is 0. The van der Waals surface area contributed by atoms with Crippen LogP contribution < -0.4 is 10.5 Å². The average molecular weight is 221 g/mol. The molecule has 0 aliphatic heterocycles. The number of nitrogens with zero attached hydrogens (tertiary/aromatic N) is 2. The molecular weight excluding hydrogens is 211 g/mol. The summed E-state index contributed by atoms with van der Waals surface area (Å²) in [6.45, 7) is 0.355. The van der Waals surface area contributed by atoms with E-state index in [1.165, 1.54) is 0 Å². The summed E-state index contributed by atoms with van der Waals surface area (Å²) >= 11 is 0. The Balaban J connectivity index is 2.73. The Labute approximate surface area is 84.3 Å². The smallest absolute Gasteiger partial charge is 0.422 e. The number of hydrogen-bond donors (Lipinski definition) is 1. The van der Waals surface area contributed by atoms with Gasteiger partial charge in [0, 0.05) is 12.2 Å². The van der Waals surface area contributed by atoms with Crippen LogP contribution in [0, 0.1) is 6.92 Å². The molecule has 0 atom stereocenters. The van der Waals surface area contributed by atoms with E-state index in [2.05, 4.69) is 14.7 Å². The molecule has 7 heteroatoms. The fourth-order valence-corrected chi connectivity index (χ4v) is 0.920. The third-order valence-electron chi connectivity index (χ3n) is 1.46. The molecule has 1 heterocycles. The van der Waals surface area contributed by atoms with Crippen LogP contribution in [0.15, 0.2) is 6.07 Å². The normalized spacial score (nSPS) is 11.5. The van der Waals surface area contributed by atoms with Crippen molar-refractivity contribution in [3.05, 3.63) is 17.5 Å². The molecule has 1 aromatic heterocycles.